The first-order valence-corrected chi connectivity index (χ1v) is 8.14. The third kappa shape index (κ3) is 3.23. The Morgan fingerprint density at radius 1 is 1.15 bits per heavy atom. The third-order valence-corrected chi connectivity index (χ3v) is 4.33. The fraction of sp³-hybridized carbons (Fsp3) is 0.211. The van der Waals surface area contributed by atoms with E-state index in [1.165, 1.54) is 11.8 Å². The second-order valence-electron chi connectivity index (χ2n) is 5.94. The third-order valence-electron chi connectivity index (χ3n) is 4.33. The van der Waals surface area contributed by atoms with Crippen LogP contribution in [0.2, 0.25) is 0 Å². The van der Waals surface area contributed by atoms with E-state index in [-0.39, 0.29) is 5.56 Å². The Bertz CT molecular complexity index is 976. The summed E-state index contributed by atoms with van der Waals surface area (Å²) >= 11 is 0. The lowest BCUT2D eigenvalue weighted by molar-refractivity contribution is -0.481. The number of aromatic amines is 1. The summed E-state index contributed by atoms with van der Waals surface area (Å²) < 4.78 is 6.77. The Morgan fingerprint density at radius 2 is 1.81 bits per heavy atom. The smallest absolute Gasteiger partial charge is 0.275 e. The molecule has 0 spiro atoms. The number of nitrogens with one attached hydrogen (secondary N) is 1. The van der Waals surface area contributed by atoms with E-state index in [2.05, 4.69) is 5.10 Å². The molecule has 0 unspecified atom stereocenters. The monoisotopic (exact) mass is 353 g/mol. The number of ether oxygens (including phenoxy) is 1. The molecular weight excluding hydrogens is 334 g/mol. The quantitative estimate of drug-likeness (QED) is 0.545. The number of benzene rings is 2. The van der Waals surface area contributed by atoms with E-state index < -0.39 is 17.4 Å². The van der Waals surface area contributed by atoms with Crippen molar-refractivity contribution in [2.45, 2.75) is 12.8 Å². The Hall–Kier alpha value is -3.35. The maximum Gasteiger partial charge on any atom is 0.275 e. The predicted molar refractivity (Wildman–Crippen MR) is 97.8 cm³/mol. The van der Waals surface area contributed by atoms with Gasteiger partial charge in [0.1, 0.15) is 5.75 Å². The van der Waals surface area contributed by atoms with Gasteiger partial charge in [0.25, 0.3) is 5.56 Å². The topological polar surface area (TPSA) is 90.2 Å². The average molecular weight is 353 g/mol. The van der Waals surface area contributed by atoms with E-state index in [9.17, 15) is 14.9 Å². The molecule has 26 heavy (non-hydrogen) atoms. The number of H-pyrrole nitrogens is 1. The molecule has 2 aromatic carbocycles. The molecule has 1 N–H and O–H groups in total. The lowest BCUT2D eigenvalue weighted by atomic mass is 9.91. The van der Waals surface area contributed by atoms with E-state index in [4.69, 9.17) is 4.74 Å². The second-order valence-corrected chi connectivity index (χ2v) is 5.94. The van der Waals surface area contributed by atoms with Gasteiger partial charge in [-0.25, -0.2) is 4.68 Å². The van der Waals surface area contributed by atoms with Gasteiger partial charge in [-0.05, 0) is 25.1 Å². The first-order chi connectivity index (χ1) is 12.5. The standard InChI is InChI=1S/C19H19N3O4/c1-13-18(19(23)22(20-13)14-8-4-3-5-9-14)16(12-21(24)25)15-10-6-7-11-17(15)26-2/h3-11,16,20H,12H2,1-2H3/t16-/m0/s1. The van der Waals surface area contributed by atoms with Crippen molar-refractivity contribution in [1.29, 1.82) is 0 Å². The summed E-state index contributed by atoms with van der Waals surface area (Å²) in [6, 6.07) is 16.2. The van der Waals surface area contributed by atoms with Gasteiger partial charge < -0.3 is 4.74 Å². The number of aromatic nitrogens is 2. The van der Waals surface area contributed by atoms with Crippen LogP contribution in [0.25, 0.3) is 5.69 Å². The van der Waals surface area contributed by atoms with E-state index in [0.29, 0.717) is 28.3 Å². The summed E-state index contributed by atoms with van der Waals surface area (Å²) in [6.07, 6.45) is 0. The van der Waals surface area contributed by atoms with Crippen LogP contribution in [-0.2, 0) is 0 Å². The molecule has 0 aliphatic carbocycles. The minimum atomic E-state index is -0.713. The maximum atomic E-state index is 13.1. The number of hydrogen-bond acceptors (Lipinski definition) is 4. The molecule has 0 radical (unpaired) electrons. The molecule has 0 aliphatic heterocycles. The Balaban J connectivity index is 2.18. The van der Waals surface area contributed by atoms with Gasteiger partial charge in [-0.3, -0.25) is 20.0 Å². The molecule has 1 aromatic heterocycles. The maximum absolute atomic E-state index is 13.1. The molecule has 1 atom stereocenters. The highest BCUT2D eigenvalue weighted by molar-refractivity contribution is 5.44. The van der Waals surface area contributed by atoms with Gasteiger partial charge in [0.2, 0.25) is 6.54 Å². The molecule has 3 aromatic rings. The van der Waals surface area contributed by atoms with Crippen molar-refractivity contribution >= 4 is 0 Å². The van der Waals surface area contributed by atoms with Gasteiger partial charge in [0.15, 0.2) is 0 Å². The summed E-state index contributed by atoms with van der Waals surface area (Å²) in [6.45, 7) is 1.35. The first kappa shape index (κ1) is 17.5. The van der Waals surface area contributed by atoms with Gasteiger partial charge in [-0.2, -0.15) is 0 Å². The Labute approximate surface area is 150 Å². The number of para-hydroxylation sites is 2. The van der Waals surface area contributed by atoms with Gasteiger partial charge in [0.05, 0.1) is 24.3 Å². The summed E-state index contributed by atoms with van der Waals surface area (Å²) in [5.74, 6) is -0.194. The van der Waals surface area contributed by atoms with Crippen LogP contribution in [0.15, 0.2) is 59.4 Å². The number of nitro groups is 1. The fourth-order valence-electron chi connectivity index (χ4n) is 3.18. The highest BCUT2D eigenvalue weighted by Gasteiger charge is 2.29. The van der Waals surface area contributed by atoms with E-state index >= 15 is 0 Å². The molecule has 0 amide bonds. The minimum Gasteiger partial charge on any atom is -0.496 e. The van der Waals surface area contributed by atoms with Crippen LogP contribution in [0.4, 0.5) is 0 Å². The van der Waals surface area contributed by atoms with Crippen molar-refractivity contribution < 1.29 is 9.66 Å². The lowest BCUT2D eigenvalue weighted by Crippen LogP contribution is -2.24. The molecule has 0 saturated carbocycles. The number of methoxy groups -OCH3 is 1. The SMILES string of the molecule is COc1ccccc1[C@H](C[N+](=O)[O-])c1c(C)[nH]n(-c2ccccc2)c1=O. The zero-order valence-electron chi connectivity index (χ0n) is 14.5. The number of rotatable bonds is 6. The fourth-order valence-corrected chi connectivity index (χ4v) is 3.18. The Morgan fingerprint density at radius 3 is 2.46 bits per heavy atom. The second kappa shape index (κ2) is 7.26. The molecule has 0 aliphatic rings. The molecular formula is C19H19N3O4. The van der Waals surface area contributed by atoms with Gasteiger partial charge >= 0.3 is 0 Å². The van der Waals surface area contributed by atoms with Crippen LogP contribution in [0.1, 0.15) is 22.7 Å². The van der Waals surface area contributed by atoms with Crippen molar-refractivity contribution in [3.05, 3.63) is 91.9 Å². The van der Waals surface area contributed by atoms with Gasteiger partial charge in [-0.15, -0.1) is 0 Å². The van der Waals surface area contributed by atoms with Crippen molar-refractivity contribution in [2.24, 2.45) is 0 Å². The van der Waals surface area contributed by atoms with E-state index in [1.807, 2.05) is 18.2 Å². The predicted octanol–water partition coefficient (Wildman–Crippen LogP) is 2.89. The average Bonchev–Trinajstić information content (AvgIpc) is 2.94. The molecule has 0 bridgehead atoms. The van der Waals surface area contributed by atoms with Crippen LogP contribution in [0.5, 0.6) is 5.75 Å². The summed E-state index contributed by atoms with van der Waals surface area (Å²) in [5.41, 5.74) is 1.95. The summed E-state index contributed by atoms with van der Waals surface area (Å²) in [4.78, 5) is 23.9. The van der Waals surface area contributed by atoms with Crippen molar-refractivity contribution in [2.75, 3.05) is 13.7 Å². The molecule has 7 nitrogen and oxygen atoms in total. The normalized spacial score (nSPS) is 11.9. The van der Waals surface area contributed by atoms with Gasteiger partial charge in [-0.1, -0.05) is 36.4 Å². The molecule has 0 fully saturated rings. The summed E-state index contributed by atoms with van der Waals surface area (Å²) in [7, 11) is 1.51. The van der Waals surface area contributed by atoms with E-state index in [1.54, 1.807) is 43.3 Å². The zero-order chi connectivity index (χ0) is 18.7. The highest BCUT2D eigenvalue weighted by atomic mass is 16.6. The van der Waals surface area contributed by atoms with Crippen LogP contribution < -0.4 is 10.3 Å². The number of nitrogens with zero attached hydrogens (tertiary/aromatic N) is 2. The molecule has 3 rings (SSSR count). The molecule has 0 saturated heterocycles. The van der Waals surface area contributed by atoms with Crippen LogP contribution >= 0.6 is 0 Å². The number of aryl methyl sites for hydroxylation is 1. The minimum absolute atomic E-state index is 0.300. The van der Waals surface area contributed by atoms with Crippen molar-refractivity contribution in [3.63, 3.8) is 0 Å². The van der Waals surface area contributed by atoms with Crippen molar-refractivity contribution in [1.82, 2.24) is 9.78 Å². The Kier molecular flexibility index (Phi) is 4.88. The summed E-state index contributed by atoms with van der Waals surface area (Å²) in [5, 5.41) is 14.3. The van der Waals surface area contributed by atoms with Crippen LogP contribution in [0, 0.1) is 17.0 Å². The largest absolute Gasteiger partial charge is 0.496 e. The molecule has 134 valence electrons. The van der Waals surface area contributed by atoms with Crippen LogP contribution in [-0.4, -0.2) is 28.4 Å². The van der Waals surface area contributed by atoms with Gasteiger partial charge in [0, 0.05) is 16.2 Å². The molecule has 7 heteroatoms. The zero-order valence-corrected chi connectivity index (χ0v) is 14.5. The molecule has 1 heterocycles. The highest BCUT2D eigenvalue weighted by Crippen LogP contribution is 2.32. The first-order valence-electron chi connectivity index (χ1n) is 8.14. The lowest BCUT2D eigenvalue weighted by Gasteiger charge is -2.15. The van der Waals surface area contributed by atoms with Crippen molar-refractivity contribution in [3.8, 4) is 11.4 Å². The van der Waals surface area contributed by atoms with Crippen LogP contribution in [0.3, 0.4) is 0 Å². The van der Waals surface area contributed by atoms with E-state index in [0.717, 1.165) is 0 Å². The number of hydrogen-bond donors (Lipinski definition) is 1.